The van der Waals surface area contributed by atoms with Crippen molar-refractivity contribution < 1.29 is 28.5 Å². The van der Waals surface area contributed by atoms with E-state index < -0.39 is 48.9 Å². The second kappa shape index (κ2) is 13.1. The van der Waals surface area contributed by atoms with Gasteiger partial charge >= 0.3 is 19.1 Å². The van der Waals surface area contributed by atoms with Gasteiger partial charge in [0.15, 0.2) is 5.78 Å². The molecule has 12 heteroatoms. The first-order chi connectivity index (χ1) is 19.1. The molecule has 2 bridgehead atoms. The van der Waals surface area contributed by atoms with Gasteiger partial charge in [-0.05, 0) is 38.4 Å². The van der Waals surface area contributed by atoms with Crippen molar-refractivity contribution in [2.75, 3.05) is 27.2 Å². The van der Waals surface area contributed by atoms with Crippen LogP contribution in [-0.2, 0) is 30.1 Å². The minimum absolute atomic E-state index is 0.0628. The van der Waals surface area contributed by atoms with Gasteiger partial charge in [0, 0.05) is 37.7 Å². The Labute approximate surface area is 234 Å². The van der Waals surface area contributed by atoms with Crippen molar-refractivity contribution in [1.29, 1.82) is 0 Å². The van der Waals surface area contributed by atoms with E-state index >= 15 is 0 Å². The highest BCUT2D eigenvalue weighted by Crippen LogP contribution is 2.30. The summed E-state index contributed by atoms with van der Waals surface area (Å²) in [6, 6.07) is 7.24. The molecule has 1 aromatic carbocycles. The molecule has 0 radical (unpaired) electrons. The van der Waals surface area contributed by atoms with E-state index in [2.05, 4.69) is 15.3 Å². The van der Waals surface area contributed by atoms with Crippen molar-refractivity contribution in [2.45, 2.75) is 57.1 Å². The number of carbonyl (C=O) groups excluding carboxylic acids is 4. The van der Waals surface area contributed by atoms with E-state index in [4.69, 9.17) is 9.31 Å². The number of Topliss-reactive ketones (excluding diaryl/α,β-unsaturated/α-hetero) is 1. The van der Waals surface area contributed by atoms with Gasteiger partial charge < -0.3 is 19.5 Å². The molecule has 4 atom stereocenters. The van der Waals surface area contributed by atoms with Crippen LogP contribution in [0.5, 0.6) is 0 Å². The predicted molar refractivity (Wildman–Crippen MR) is 147 cm³/mol. The van der Waals surface area contributed by atoms with Gasteiger partial charge in [0.25, 0.3) is 5.91 Å². The molecule has 2 aliphatic heterocycles. The lowest BCUT2D eigenvalue weighted by atomic mass is 9.64. The maximum atomic E-state index is 13.8. The number of fused-ring (bicyclic) bond motifs is 2. The lowest BCUT2D eigenvalue weighted by Crippen LogP contribution is -2.64. The summed E-state index contributed by atoms with van der Waals surface area (Å²) in [5, 5.41) is 2.81. The molecule has 212 valence electrons. The molecule has 0 unspecified atom stereocenters. The Morgan fingerprint density at radius 3 is 2.27 bits per heavy atom. The third-order valence-electron chi connectivity index (χ3n) is 7.36. The molecule has 2 fully saturated rings. The molecule has 2 saturated heterocycles. The monoisotopic (exact) mass is 549 g/mol. The summed E-state index contributed by atoms with van der Waals surface area (Å²) in [4.78, 5) is 64.7. The van der Waals surface area contributed by atoms with Gasteiger partial charge in [-0.2, -0.15) is 0 Å². The van der Waals surface area contributed by atoms with Crippen LogP contribution in [0.4, 0.5) is 0 Å². The van der Waals surface area contributed by atoms with Gasteiger partial charge in [0.05, 0.1) is 12.2 Å². The fourth-order valence-corrected chi connectivity index (χ4v) is 5.26. The standard InChI is InChI=1S/C28H36BN5O6/c1-18(2)12-20(29-39-27(37)23-16-33(3)17-24(34(23)4)28(38)40-29)14-25(35)21(13-19-8-6-5-7-9-19)32-26(36)22-15-30-10-11-31-22/h5-11,15,18,20-21,23-24H,12-14,16-17H2,1-4H3,(H,32,36)/t20-,21+,23-,24-/m1/s1. The van der Waals surface area contributed by atoms with Crippen LogP contribution in [0.1, 0.15) is 42.7 Å². The third kappa shape index (κ3) is 7.31. The number of nitrogens with zero attached hydrogens (tertiary/aromatic N) is 4. The van der Waals surface area contributed by atoms with Crippen molar-refractivity contribution in [2.24, 2.45) is 5.92 Å². The first-order valence-corrected chi connectivity index (χ1v) is 13.6. The second-order valence-corrected chi connectivity index (χ2v) is 11.0. The maximum Gasteiger partial charge on any atom is 0.602 e. The van der Waals surface area contributed by atoms with Crippen molar-refractivity contribution in [1.82, 2.24) is 25.1 Å². The number of hydrogen-bond donors (Lipinski definition) is 1. The minimum atomic E-state index is -1.21. The fraction of sp³-hybridized carbons (Fsp3) is 0.500. The van der Waals surface area contributed by atoms with Crippen molar-refractivity contribution in [3.05, 3.63) is 60.2 Å². The zero-order valence-electron chi connectivity index (χ0n) is 23.4. The van der Waals surface area contributed by atoms with Gasteiger partial charge in [-0.25, -0.2) is 4.98 Å². The molecule has 4 rings (SSSR count). The second-order valence-electron chi connectivity index (χ2n) is 11.0. The molecule has 1 aromatic heterocycles. The third-order valence-corrected chi connectivity index (χ3v) is 7.36. The van der Waals surface area contributed by atoms with Crippen LogP contribution in [0.25, 0.3) is 0 Å². The van der Waals surface area contributed by atoms with Crippen molar-refractivity contribution in [3.63, 3.8) is 0 Å². The molecule has 40 heavy (non-hydrogen) atoms. The SMILES string of the molecule is CC(C)C[C@H](CC(=O)[C@H](Cc1ccccc1)NC(=O)c1cnccn1)B1OC(=O)[C@H]2CN(C)C[C@H](C(=O)O1)N2C. The molecular weight excluding hydrogens is 513 g/mol. The maximum absolute atomic E-state index is 13.8. The summed E-state index contributed by atoms with van der Waals surface area (Å²) in [6.07, 6.45) is 4.86. The normalized spacial score (nSPS) is 21.6. The van der Waals surface area contributed by atoms with Crippen LogP contribution in [0, 0.1) is 5.92 Å². The molecule has 0 aliphatic carbocycles. The lowest BCUT2D eigenvalue weighted by molar-refractivity contribution is -0.159. The van der Waals surface area contributed by atoms with Crippen molar-refractivity contribution in [3.8, 4) is 0 Å². The summed E-state index contributed by atoms with van der Waals surface area (Å²) in [5.74, 6) is -2.24. The number of ketones is 1. The topological polar surface area (TPSA) is 131 Å². The number of hydrogen-bond acceptors (Lipinski definition) is 10. The zero-order chi connectivity index (χ0) is 28.8. The van der Waals surface area contributed by atoms with Crippen molar-refractivity contribution >= 4 is 30.7 Å². The Morgan fingerprint density at radius 2 is 1.70 bits per heavy atom. The fourth-order valence-electron chi connectivity index (χ4n) is 5.26. The highest BCUT2D eigenvalue weighted by atomic mass is 16.6. The number of nitrogens with one attached hydrogen (secondary N) is 1. The molecule has 0 saturated carbocycles. The van der Waals surface area contributed by atoms with Crippen LogP contribution in [-0.4, -0.2) is 95.8 Å². The average molecular weight is 549 g/mol. The zero-order valence-corrected chi connectivity index (χ0v) is 23.4. The van der Waals surface area contributed by atoms with E-state index in [1.807, 2.05) is 56.1 Å². The molecule has 3 heterocycles. The van der Waals surface area contributed by atoms with Crippen LogP contribution < -0.4 is 5.32 Å². The number of amides is 1. The van der Waals surface area contributed by atoms with Gasteiger partial charge in [0.2, 0.25) is 0 Å². The van der Waals surface area contributed by atoms with E-state index in [1.165, 1.54) is 18.6 Å². The Hall–Kier alpha value is -3.64. The summed E-state index contributed by atoms with van der Waals surface area (Å²) >= 11 is 0. The van der Waals surface area contributed by atoms with Crippen LogP contribution in [0.15, 0.2) is 48.9 Å². The number of carbonyl (C=O) groups is 4. The molecule has 1 N–H and O–H groups in total. The van der Waals surface area contributed by atoms with E-state index in [9.17, 15) is 19.2 Å². The number of likely N-dealkylation sites (N-methyl/N-ethyl adjacent to an activating group) is 2. The van der Waals surface area contributed by atoms with Gasteiger partial charge in [0.1, 0.15) is 17.8 Å². The predicted octanol–water partition coefficient (Wildman–Crippen LogP) is 1.40. The molecular formula is C28H36BN5O6. The minimum Gasteiger partial charge on any atom is -0.498 e. The van der Waals surface area contributed by atoms with E-state index in [0.29, 0.717) is 19.5 Å². The summed E-state index contributed by atoms with van der Waals surface area (Å²) in [5.41, 5.74) is 0.958. The summed E-state index contributed by atoms with van der Waals surface area (Å²) < 4.78 is 11.5. The average Bonchev–Trinajstić information content (AvgIpc) is 2.93. The summed E-state index contributed by atoms with van der Waals surface area (Å²) in [6.45, 7) is 4.82. The van der Waals surface area contributed by atoms with Gasteiger partial charge in [-0.1, -0.05) is 44.2 Å². The van der Waals surface area contributed by atoms with E-state index in [0.717, 1.165) is 5.56 Å². The lowest BCUT2D eigenvalue weighted by Gasteiger charge is -2.43. The van der Waals surface area contributed by atoms with Gasteiger partial charge in [-0.3, -0.25) is 29.1 Å². The first kappa shape index (κ1) is 29.4. The summed E-state index contributed by atoms with van der Waals surface area (Å²) in [7, 11) is 2.35. The van der Waals surface area contributed by atoms with Crippen LogP contribution in [0.2, 0.25) is 5.82 Å². The van der Waals surface area contributed by atoms with Gasteiger partial charge in [-0.15, -0.1) is 0 Å². The first-order valence-electron chi connectivity index (χ1n) is 13.6. The van der Waals surface area contributed by atoms with Crippen LogP contribution in [0.3, 0.4) is 0 Å². The number of benzene rings is 1. The molecule has 2 aromatic rings. The highest BCUT2D eigenvalue weighted by Gasteiger charge is 2.49. The Balaban J connectivity index is 1.56. The quantitative estimate of drug-likeness (QED) is 0.434. The molecule has 1 amide bonds. The van der Waals surface area contributed by atoms with E-state index in [-0.39, 0.29) is 30.2 Å². The van der Waals surface area contributed by atoms with E-state index in [1.54, 1.807) is 11.9 Å². The molecule has 11 nitrogen and oxygen atoms in total. The molecule has 0 spiro atoms. The van der Waals surface area contributed by atoms with Crippen LogP contribution >= 0.6 is 0 Å². The number of aromatic nitrogens is 2. The molecule has 2 aliphatic rings. The smallest absolute Gasteiger partial charge is 0.498 e. The number of piperazine rings is 1. The Kier molecular flexibility index (Phi) is 9.65. The largest absolute Gasteiger partial charge is 0.602 e. The number of rotatable bonds is 10. The Bertz CT molecular complexity index is 1170. The Morgan fingerprint density at radius 1 is 1.05 bits per heavy atom. The highest BCUT2D eigenvalue weighted by molar-refractivity contribution is 6.51.